The molecule has 0 bridgehead atoms. The monoisotopic (exact) mass is 394 g/mol. The Kier molecular flexibility index (Phi) is 6.37. The highest BCUT2D eigenvalue weighted by Crippen LogP contribution is 2.27. The number of ether oxygens (including phenoxy) is 1. The maximum atomic E-state index is 12.3. The number of nitrogens with zero attached hydrogens (tertiary/aromatic N) is 1. The summed E-state index contributed by atoms with van der Waals surface area (Å²) in [5, 5.41) is 13.6. The Balaban J connectivity index is 1.60. The highest BCUT2D eigenvalue weighted by atomic mass is 32.2. The zero-order valence-corrected chi connectivity index (χ0v) is 16.8. The summed E-state index contributed by atoms with van der Waals surface area (Å²) in [4.78, 5) is 25.4. The number of fused-ring (bicyclic) bond motifs is 1. The van der Waals surface area contributed by atoms with E-state index in [0.717, 1.165) is 47.0 Å². The molecule has 0 aliphatic heterocycles. The fraction of sp³-hybridized carbons (Fsp3) is 0.318. The SMILES string of the molecule is Cc1cc(SC#N)cc(C)c1NC(=O)COC(=O)c1ccc2c(c1)CCCC2. The predicted octanol–water partition coefficient (Wildman–Crippen LogP) is 4.55. The van der Waals surface area contributed by atoms with Crippen molar-refractivity contribution in [1.29, 1.82) is 5.26 Å². The third-order valence-electron chi connectivity index (χ3n) is 4.85. The Morgan fingerprint density at radius 3 is 2.46 bits per heavy atom. The number of nitriles is 1. The Morgan fingerprint density at radius 1 is 1.11 bits per heavy atom. The normalized spacial score (nSPS) is 12.6. The van der Waals surface area contributed by atoms with Crippen LogP contribution in [0.25, 0.3) is 0 Å². The third kappa shape index (κ3) is 4.73. The van der Waals surface area contributed by atoms with Gasteiger partial charge in [0.15, 0.2) is 6.61 Å². The van der Waals surface area contributed by atoms with Crippen molar-refractivity contribution >= 4 is 29.3 Å². The van der Waals surface area contributed by atoms with E-state index in [1.807, 2.05) is 43.5 Å². The van der Waals surface area contributed by atoms with Crippen LogP contribution in [-0.2, 0) is 22.4 Å². The minimum atomic E-state index is -0.488. The standard InChI is InChI=1S/C22H22N2O3S/c1-14-9-19(28-13-23)10-15(2)21(14)24-20(25)12-27-22(26)18-8-7-16-5-3-4-6-17(16)11-18/h7-11H,3-6,12H2,1-2H3,(H,24,25). The maximum absolute atomic E-state index is 12.3. The first kappa shape index (κ1) is 20.0. The molecule has 0 saturated heterocycles. The average molecular weight is 394 g/mol. The molecule has 6 heteroatoms. The second kappa shape index (κ2) is 8.94. The van der Waals surface area contributed by atoms with E-state index in [0.29, 0.717) is 11.3 Å². The lowest BCUT2D eigenvalue weighted by Crippen LogP contribution is -2.22. The molecule has 2 aromatic rings. The van der Waals surface area contributed by atoms with E-state index in [4.69, 9.17) is 10.00 Å². The number of thiocyanates is 1. The summed E-state index contributed by atoms with van der Waals surface area (Å²) in [6.45, 7) is 3.38. The van der Waals surface area contributed by atoms with Crippen molar-refractivity contribution in [3.63, 3.8) is 0 Å². The predicted molar refractivity (Wildman–Crippen MR) is 109 cm³/mol. The van der Waals surface area contributed by atoms with Crippen LogP contribution < -0.4 is 5.32 Å². The van der Waals surface area contributed by atoms with Gasteiger partial charge >= 0.3 is 5.97 Å². The summed E-state index contributed by atoms with van der Waals surface area (Å²) in [6.07, 6.45) is 4.36. The van der Waals surface area contributed by atoms with Crippen molar-refractivity contribution < 1.29 is 14.3 Å². The lowest BCUT2D eigenvalue weighted by Gasteiger charge is -2.16. The fourth-order valence-corrected chi connectivity index (χ4v) is 4.06. The quantitative estimate of drug-likeness (QED) is 0.457. The van der Waals surface area contributed by atoms with E-state index in [-0.39, 0.29) is 6.61 Å². The van der Waals surface area contributed by atoms with Crippen LogP contribution in [0.5, 0.6) is 0 Å². The van der Waals surface area contributed by atoms with Gasteiger partial charge in [0.2, 0.25) is 0 Å². The van der Waals surface area contributed by atoms with Gasteiger partial charge in [0, 0.05) is 10.6 Å². The van der Waals surface area contributed by atoms with E-state index >= 15 is 0 Å². The van der Waals surface area contributed by atoms with Crippen molar-refractivity contribution in [3.8, 4) is 5.40 Å². The molecular formula is C22H22N2O3S. The molecule has 5 nitrogen and oxygen atoms in total. The number of carbonyl (C=O) groups excluding carboxylic acids is 2. The Morgan fingerprint density at radius 2 is 1.79 bits per heavy atom. The number of aryl methyl sites for hydroxylation is 4. The number of hydrogen-bond acceptors (Lipinski definition) is 5. The van der Waals surface area contributed by atoms with Crippen LogP contribution in [-0.4, -0.2) is 18.5 Å². The van der Waals surface area contributed by atoms with Gasteiger partial charge in [-0.2, -0.15) is 5.26 Å². The lowest BCUT2D eigenvalue weighted by molar-refractivity contribution is -0.119. The zero-order chi connectivity index (χ0) is 20.1. The third-order valence-corrected chi connectivity index (χ3v) is 5.42. The number of thioether (sulfide) groups is 1. The van der Waals surface area contributed by atoms with Crippen molar-refractivity contribution in [2.75, 3.05) is 11.9 Å². The van der Waals surface area contributed by atoms with Crippen molar-refractivity contribution in [2.24, 2.45) is 0 Å². The van der Waals surface area contributed by atoms with Crippen LogP contribution >= 0.6 is 11.8 Å². The summed E-state index contributed by atoms with van der Waals surface area (Å²) in [7, 11) is 0. The maximum Gasteiger partial charge on any atom is 0.338 e. The molecule has 1 aliphatic carbocycles. The molecule has 1 amide bonds. The molecule has 0 saturated carbocycles. The molecule has 0 radical (unpaired) electrons. The second-order valence-electron chi connectivity index (χ2n) is 6.94. The molecule has 0 unspecified atom stereocenters. The van der Waals surface area contributed by atoms with Gasteiger partial charge in [-0.05, 0) is 97.8 Å². The fourth-order valence-electron chi connectivity index (χ4n) is 3.48. The van der Waals surface area contributed by atoms with Gasteiger partial charge in [0.05, 0.1) is 5.56 Å². The number of amides is 1. The number of anilines is 1. The van der Waals surface area contributed by atoms with Gasteiger partial charge in [-0.25, -0.2) is 4.79 Å². The van der Waals surface area contributed by atoms with Crippen LogP contribution in [0.15, 0.2) is 35.2 Å². The first-order chi connectivity index (χ1) is 13.5. The van der Waals surface area contributed by atoms with E-state index in [1.54, 1.807) is 6.07 Å². The lowest BCUT2D eigenvalue weighted by atomic mass is 9.90. The van der Waals surface area contributed by atoms with Gasteiger partial charge in [-0.1, -0.05) is 6.07 Å². The summed E-state index contributed by atoms with van der Waals surface area (Å²) in [6, 6.07) is 9.32. The second-order valence-corrected chi connectivity index (χ2v) is 7.80. The number of rotatable bonds is 5. The van der Waals surface area contributed by atoms with Crippen LogP contribution in [0.4, 0.5) is 5.69 Å². The van der Waals surface area contributed by atoms with Gasteiger partial charge in [0.25, 0.3) is 5.91 Å². The van der Waals surface area contributed by atoms with Crippen LogP contribution in [0, 0.1) is 24.5 Å². The number of hydrogen-bond donors (Lipinski definition) is 1. The molecule has 2 aromatic carbocycles. The Labute approximate surface area is 169 Å². The van der Waals surface area contributed by atoms with E-state index < -0.39 is 11.9 Å². The summed E-state index contributed by atoms with van der Waals surface area (Å²) in [5.41, 5.74) is 5.37. The molecule has 1 N–H and O–H groups in total. The Bertz CT molecular complexity index is 940. The van der Waals surface area contributed by atoms with Crippen molar-refractivity contribution in [3.05, 3.63) is 58.1 Å². The topological polar surface area (TPSA) is 79.2 Å². The Hall–Kier alpha value is -2.78. The summed E-state index contributed by atoms with van der Waals surface area (Å²) in [5.74, 6) is -0.879. The van der Waals surface area contributed by atoms with E-state index in [9.17, 15) is 9.59 Å². The summed E-state index contributed by atoms with van der Waals surface area (Å²) < 4.78 is 5.20. The van der Waals surface area contributed by atoms with Crippen molar-refractivity contribution in [1.82, 2.24) is 0 Å². The largest absolute Gasteiger partial charge is 0.452 e. The molecule has 0 aromatic heterocycles. The van der Waals surface area contributed by atoms with Crippen LogP contribution in [0.1, 0.15) is 45.5 Å². The highest BCUT2D eigenvalue weighted by Gasteiger charge is 2.16. The molecule has 144 valence electrons. The van der Waals surface area contributed by atoms with E-state index in [1.165, 1.54) is 17.5 Å². The molecule has 3 rings (SSSR count). The highest BCUT2D eigenvalue weighted by molar-refractivity contribution is 8.03. The van der Waals surface area contributed by atoms with E-state index in [2.05, 4.69) is 5.32 Å². The van der Waals surface area contributed by atoms with Gasteiger partial charge in [-0.3, -0.25) is 4.79 Å². The smallest absolute Gasteiger partial charge is 0.338 e. The first-order valence-electron chi connectivity index (χ1n) is 9.24. The zero-order valence-electron chi connectivity index (χ0n) is 16.0. The number of esters is 1. The number of benzene rings is 2. The summed E-state index contributed by atoms with van der Waals surface area (Å²) >= 11 is 1.08. The van der Waals surface area contributed by atoms with Crippen LogP contribution in [0.3, 0.4) is 0 Å². The van der Waals surface area contributed by atoms with Gasteiger partial charge < -0.3 is 10.1 Å². The molecular weight excluding hydrogens is 372 g/mol. The average Bonchev–Trinajstić information content (AvgIpc) is 2.69. The minimum Gasteiger partial charge on any atom is -0.452 e. The first-order valence-corrected chi connectivity index (χ1v) is 10.1. The molecule has 28 heavy (non-hydrogen) atoms. The number of nitrogens with one attached hydrogen (secondary N) is 1. The van der Waals surface area contributed by atoms with Gasteiger partial charge in [0.1, 0.15) is 5.40 Å². The molecule has 0 fully saturated rings. The molecule has 0 atom stereocenters. The number of carbonyl (C=O) groups is 2. The molecule has 0 spiro atoms. The minimum absolute atomic E-state index is 0.344. The van der Waals surface area contributed by atoms with Crippen LogP contribution in [0.2, 0.25) is 0 Å². The molecule has 0 heterocycles. The van der Waals surface area contributed by atoms with Crippen molar-refractivity contribution in [2.45, 2.75) is 44.4 Å². The van der Waals surface area contributed by atoms with Gasteiger partial charge in [-0.15, -0.1) is 0 Å². The molecule has 1 aliphatic rings.